The topological polar surface area (TPSA) is 18.5 Å². The molecule has 3 heteroatoms. The molecule has 0 radical (unpaired) electrons. The Bertz CT molecular complexity index is 305. The molecule has 3 nitrogen and oxygen atoms in total. The number of nitrogens with zero attached hydrogens (tertiary/aromatic N) is 2. The standard InChI is InChI=1S/C14H23N3/c1-15-7-8-16-9-11-17(12-10-16)13-14-5-3-2-4-6-14/h2-6,15H,7-13H2,1H3. The van der Waals surface area contributed by atoms with Gasteiger partial charge in [-0.25, -0.2) is 0 Å². The summed E-state index contributed by atoms with van der Waals surface area (Å²) in [5.74, 6) is 0. The molecule has 1 aromatic carbocycles. The molecular weight excluding hydrogens is 210 g/mol. The van der Waals surface area contributed by atoms with Crippen LogP contribution in [0.5, 0.6) is 0 Å². The Labute approximate surface area is 104 Å². The van der Waals surface area contributed by atoms with Gasteiger partial charge in [-0.1, -0.05) is 30.3 Å². The van der Waals surface area contributed by atoms with Crippen LogP contribution in [0.15, 0.2) is 30.3 Å². The normalized spacial score (nSPS) is 18.4. The summed E-state index contributed by atoms with van der Waals surface area (Å²) in [6.07, 6.45) is 0. The van der Waals surface area contributed by atoms with Gasteiger partial charge in [-0.15, -0.1) is 0 Å². The van der Waals surface area contributed by atoms with Crippen molar-refractivity contribution >= 4 is 0 Å². The second-order valence-corrected chi connectivity index (χ2v) is 4.71. The van der Waals surface area contributed by atoms with Crippen LogP contribution in [0.1, 0.15) is 5.56 Å². The molecule has 1 saturated heterocycles. The zero-order chi connectivity index (χ0) is 11.9. The first-order chi connectivity index (χ1) is 8.38. The van der Waals surface area contributed by atoms with E-state index >= 15 is 0 Å². The Hall–Kier alpha value is -0.900. The Morgan fingerprint density at radius 1 is 1.00 bits per heavy atom. The SMILES string of the molecule is CNCCN1CCN(Cc2ccccc2)CC1. The molecule has 0 amide bonds. The molecule has 0 aliphatic carbocycles. The number of nitrogens with one attached hydrogen (secondary N) is 1. The van der Waals surface area contributed by atoms with Crippen LogP contribution in [0.3, 0.4) is 0 Å². The van der Waals surface area contributed by atoms with Gasteiger partial charge in [0.15, 0.2) is 0 Å². The predicted molar refractivity (Wildman–Crippen MR) is 72.1 cm³/mol. The van der Waals surface area contributed by atoms with Gasteiger partial charge in [0.25, 0.3) is 0 Å². The van der Waals surface area contributed by atoms with Crippen LogP contribution in [-0.2, 0) is 6.54 Å². The summed E-state index contributed by atoms with van der Waals surface area (Å²) in [5.41, 5.74) is 1.43. The average molecular weight is 233 g/mol. The second-order valence-electron chi connectivity index (χ2n) is 4.71. The molecular formula is C14H23N3. The van der Waals surface area contributed by atoms with Gasteiger partial charge in [-0.05, 0) is 12.6 Å². The monoisotopic (exact) mass is 233 g/mol. The lowest BCUT2D eigenvalue weighted by Crippen LogP contribution is -2.47. The van der Waals surface area contributed by atoms with E-state index in [0.717, 1.165) is 13.1 Å². The van der Waals surface area contributed by atoms with Crippen molar-refractivity contribution in [2.75, 3.05) is 46.3 Å². The van der Waals surface area contributed by atoms with Crippen LogP contribution in [0.25, 0.3) is 0 Å². The minimum absolute atomic E-state index is 1.10. The van der Waals surface area contributed by atoms with E-state index in [1.807, 2.05) is 7.05 Å². The van der Waals surface area contributed by atoms with Crippen LogP contribution in [-0.4, -0.2) is 56.1 Å². The molecule has 1 aliphatic heterocycles. The number of hydrogen-bond donors (Lipinski definition) is 1. The molecule has 0 spiro atoms. The lowest BCUT2D eigenvalue weighted by Gasteiger charge is -2.34. The highest BCUT2D eigenvalue weighted by Crippen LogP contribution is 2.07. The Morgan fingerprint density at radius 2 is 1.65 bits per heavy atom. The molecule has 0 saturated carbocycles. The van der Waals surface area contributed by atoms with Gasteiger partial charge in [-0.3, -0.25) is 9.80 Å². The van der Waals surface area contributed by atoms with Crippen molar-refractivity contribution in [3.05, 3.63) is 35.9 Å². The lowest BCUT2D eigenvalue weighted by molar-refractivity contribution is 0.128. The van der Waals surface area contributed by atoms with Gasteiger partial charge in [0.2, 0.25) is 0 Å². The van der Waals surface area contributed by atoms with Gasteiger partial charge in [0.1, 0.15) is 0 Å². The Balaban J connectivity index is 1.72. The summed E-state index contributed by atoms with van der Waals surface area (Å²) in [6.45, 7) is 8.16. The fraction of sp³-hybridized carbons (Fsp3) is 0.571. The molecule has 0 unspecified atom stereocenters. The van der Waals surface area contributed by atoms with E-state index in [4.69, 9.17) is 0 Å². The summed E-state index contributed by atoms with van der Waals surface area (Å²) in [6, 6.07) is 10.8. The highest BCUT2D eigenvalue weighted by atomic mass is 15.3. The molecule has 1 fully saturated rings. The molecule has 1 aliphatic rings. The number of likely N-dealkylation sites (N-methyl/N-ethyl adjacent to an activating group) is 1. The van der Waals surface area contributed by atoms with E-state index in [2.05, 4.69) is 45.4 Å². The highest BCUT2D eigenvalue weighted by molar-refractivity contribution is 5.14. The molecule has 0 bridgehead atoms. The van der Waals surface area contributed by atoms with Crippen molar-refractivity contribution in [2.45, 2.75) is 6.54 Å². The minimum Gasteiger partial charge on any atom is -0.318 e. The van der Waals surface area contributed by atoms with E-state index < -0.39 is 0 Å². The van der Waals surface area contributed by atoms with Gasteiger partial charge >= 0.3 is 0 Å². The maximum Gasteiger partial charge on any atom is 0.0234 e. The molecule has 1 aromatic rings. The second kappa shape index (κ2) is 6.74. The fourth-order valence-electron chi connectivity index (χ4n) is 2.28. The first kappa shape index (κ1) is 12.6. The Morgan fingerprint density at radius 3 is 2.29 bits per heavy atom. The van der Waals surface area contributed by atoms with E-state index in [9.17, 15) is 0 Å². The van der Waals surface area contributed by atoms with Crippen LogP contribution in [0, 0.1) is 0 Å². The van der Waals surface area contributed by atoms with Crippen molar-refractivity contribution in [1.82, 2.24) is 15.1 Å². The third-order valence-electron chi connectivity index (χ3n) is 3.39. The van der Waals surface area contributed by atoms with Gasteiger partial charge < -0.3 is 5.32 Å². The smallest absolute Gasteiger partial charge is 0.0234 e. The molecule has 1 heterocycles. The van der Waals surface area contributed by atoms with Crippen molar-refractivity contribution in [2.24, 2.45) is 0 Å². The fourth-order valence-corrected chi connectivity index (χ4v) is 2.28. The molecule has 1 N–H and O–H groups in total. The third kappa shape index (κ3) is 4.11. The van der Waals surface area contributed by atoms with E-state index in [-0.39, 0.29) is 0 Å². The summed E-state index contributed by atoms with van der Waals surface area (Å²) >= 11 is 0. The number of benzene rings is 1. The van der Waals surface area contributed by atoms with E-state index in [0.29, 0.717) is 0 Å². The van der Waals surface area contributed by atoms with Crippen molar-refractivity contribution < 1.29 is 0 Å². The van der Waals surface area contributed by atoms with Crippen molar-refractivity contribution in [1.29, 1.82) is 0 Å². The van der Waals surface area contributed by atoms with Gasteiger partial charge in [-0.2, -0.15) is 0 Å². The van der Waals surface area contributed by atoms with Gasteiger partial charge in [0.05, 0.1) is 0 Å². The van der Waals surface area contributed by atoms with E-state index in [1.54, 1.807) is 0 Å². The molecule has 17 heavy (non-hydrogen) atoms. The quantitative estimate of drug-likeness (QED) is 0.819. The van der Waals surface area contributed by atoms with Gasteiger partial charge in [0, 0.05) is 45.8 Å². The van der Waals surface area contributed by atoms with Crippen LogP contribution < -0.4 is 5.32 Å². The number of piperazine rings is 1. The molecule has 2 rings (SSSR count). The average Bonchev–Trinajstić information content (AvgIpc) is 2.39. The number of rotatable bonds is 5. The van der Waals surface area contributed by atoms with Crippen molar-refractivity contribution in [3.63, 3.8) is 0 Å². The van der Waals surface area contributed by atoms with E-state index in [1.165, 1.54) is 38.3 Å². The Kier molecular flexibility index (Phi) is 4.98. The highest BCUT2D eigenvalue weighted by Gasteiger charge is 2.15. The summed E-state index contributed by atoms with van der Waals surface area (Å²) < 4.78 is 0. The lowest BCUT2D eigenvalue weighted by atomic mass is 10.2. The summed E-state index contributed by atoms with van der Waals surface area (Å²) in [5, 5.41) is 3.21. The summed E-state index contributed by atoms with van der Waals surface area (Å²) in [4.78, 5) is 5.09. The maximum absolute atomic E-state index is 3.21. The first-order valence-electron chi connectivity index (χ1n) is 6.52. The predicted octanol–water partition coefficient (Wildman–Crippen LogP) is 1.02. The molecule has 94 valence electrons. The molecule has 0 aromatic heterocycles. The zero-order valence-electron chi connectivity index (χ0n) is 10.7. The number of hydrogen-bond acceptors (Lipinski definition) is 3. The van der Waals surface area contributed by atoms with Crippen LogP contribution >= 0.6 is 0 Å². The molecule has 0 atom stereocenters. The maximum atomic E-state index is 3.21. The minimum atomic E-state index is 1.10. The van der Waals surface area contributed by atoms with Crippen LogP contribution in [0.4, 0.5) is 0 Å². The summed E-state index contributed by atoms with van der Waals surface area (Å²) in [7, 11) is 2.02. The van der Waals surface area contributed by atoms with Crippen molar-refractivity contribution in [3.8, 4) is 0 Å². The third-order valence-corrected chi connectivity index (χ3v) is 3.39. The van der Waals surface area contributed by atoms with Crippen LogP contribution in [0.2, 0.25) is 0 Å². The zero-order valence-corrected chi connectivity index (χ0v) is 10.7. The first-order valence-corrected chi connectivity index (χ1v) is 6.52. The largest absolute Gasteiger partial charge is 0.318 e.